The van der Waals surface area contributed by atoms with Gasteiger partial charge in [0.2, 0.25) is 0 Å². The molecule has 1 aromatic carbocycles. The van der Waals surface area contributed by atoms with E-state index < -0.39 is 5.50 Å². The molecular weight excluding hydrogens is 148 g/mol. The predicted octanol–water partition coefficient (Wildman–Crippen LogP) is 2.95. The van der Waals surface area contributed by atoms with Gasteiger partial charge in [0.15, 0.2) is 5.50 Å². The largest absolute Gasteiger partial charge is 0.208 e. The van der Waals surface area contributed by atoms with Crippen molar-refractivity contribution in [2.24, 2.45) is 5.11 Å². The third kappa shape index (κ3) is 1.54. The molecule has 1 N–H and O–H groups in total. The molecule has 0 saturated carbocycles. The second kappa shape index (κ2) is 3.32. The highest BCUT2D eigenvalue weighted by Gasteiger charge is 2.01. The molecule has 0 spiro atoms. The summed E-state index contributed by atoms with van der Waals surface area (Å²) >= 11 is 5.64. The lowest BCUT2D eigenvalue weighted by Crippen LogP contribution is -1.82. The molecule has 0 amide bonds. The summed E-state index contributed by atoms with van der Waals surface area (Å²) in [5.74, 6) is 0. The SMILES string of the molecule is N=NC(Cl)c1ccccc1. The van der Waals surface area contributed by atoms with Crippen LogP contribution in [0.25, 0.3) is 0 Å². The summed E-state index contributed by atoms with van der Waals surface area (Å²) in [5, 5.41) is 3.17. The first-order chi connectivity index (χ1) is 4.84. The summed E-state index contributed by atoms with van der Waals surface area (Å²) < 4.78 is 0. The van der Waals surface area contributed by atoms with Crippen molar-refractivity contribution in [3.05, 3.63) is 35.9 Å². The van der Waals surface area contributed by atoms with Crippen LogP contribution in [0.3, 0.4) is 0 Å². The van der Waals surface area contributed by atoms with Gasteiger partial charge in [-0.05, 0) is 5.56 Å². The van der Waals surface area contributed by atoms with Gasteiger partial charge in [0.1, 0.15) is 0 Å². The van der Waals surface area contributed by atoms with Crippen molar-refractivity contribution in [2.75, 3.05) is 0 Å². The molecule has 1 unspecified atom stereocenters. The number of benzene rings is 1. The molecule has 0 radical (unpaired) electrons. The van der Waals surface area contributed by atoms with E-state index in [1.165, 1.54) is 0 Å². The zero-order valence-electron chi connectivity index (χ0n) is 5.29. The monoisotopic (exact) mass is 154 g/mol. The van der Waals surface area contributed by atoms with E-state index in [0.717, 1.165) is 5.56 Å². The molecule has 0 aromatic heterocycles. The number of hydrogen-bond acceptors (Lipinski definition) is 2. The number of hydrogen-bond donors (Lipinski definition) is 1. The third-order valence-corrected chi connectivity index (χ3v) is 1.54. The van der Waals surface area contributed by atoms with Gasteiger partial charge >= 0.3 is 0 Å². The first-order valence-corrected chi connectivity index (χ1v) is 3.34. The minimum absolute atomic E-state index is 0.527. The topological polar surface area (TPSA) is 36.2 Å². The Morgan fingerprint density at radius 2 is 1.90 bits per heavy atom. The Hall–Kier alpha value is -0.890. The minimum Gasteiger partial charge on any atom is -0.208 e. The van der Waals surface area contributed by atoms with Crippen molar-refractivity contribution in [1.29, 1.82) is 5.53 Å². The van der Waals surface area contributed by atoms with Crippen molar-refractivity contribution < 1.29 is 0 Å². The molecule has 1 aromatic rings. The summed E-state index contributed by atoms with van der Waals surface area (Å²) in [4.78, 5) is 0. The van der Waals surface area contributed by atoms with E-state index in [9.17, 15) is 0 Å². The smallest absolute Gasteiger partial charge is 0.169 e. The maximum Gasteiger partial charge on any atom is 0.169 e. The zero-order chi connectivity index (χ0) is 7.40. The Balaban J connectivity index is 2.84. The fraction of sp³-hybridized carbons (Fsp3) is 0.143. The second-order valence-electron chi connectivity index (χ2n) is 1.88. The van der Waals surface area contributed by atoms with Crippen LogP contribution in [0.5, 0.6) is 0 Å². The number of rotatable bonds is 2. The number of nitrogens with one attached hydrogen (secondary N) is 1. The summed E-state index contributed by atoms with van der Waals surface area (Å²) in [6.45, 7) is 0. The van der Waals surface area contributed by atoms with Gasteiger partial charge in [-0.2, -0.15) is 5.11 Å². The lowest BCUT2D eigenvalue weighted by Gasteiger charge is -1.99. The molecule has 2 nitrogen and oxygen atoms in total. The maximum absolute atomic E-state index is 6.64. The van der Waals surface area contributed by atoms with Gasteiger partial charge in [0.25, 0.3) is 0 Å². The first-order valence-electron chi connectivity index (χ1n) is 2.90. The van der Waals surface area contributed by atoms with Gasteiger partial charge < -0.3 is 0 Å². The predicted molar refractivity (Wildman–Crippen MR) is 40.2 cm³/mol. The molecule has 3 heteroatoms. The molecule has 1 atom stereocenters. The van der Waals surface area contributed by atoms with Gasteiger partial charge in [-0.1, -0.05) is 41.9 Å². The zero-order valence-corrected chi connectivity index (χ0v) is 6.05. The highest BCUT2D eigenvalue weighted by Crippen LogP contribution is 2.19. The molecule has 0 aliphatic rings. The Labute approximate surface area is 64.3 Å². The number of alkyl halides is 1. The van der Waals surface area contributed by atoms with E-state index in [1.54, 1.807) is 0 Å². The minimum atomic E-state index is -0.527. The lowest BCUT2D eigenvalue weighted by molar-refractivity contribution is 0.874. The molecule has 0 saturated heterocycles. The van der Waals surface area contributed by atoms with Crippen LogP contribution in [0.4, 0.5) is 0 Å². The molecule has 0 heterocycles. The van der Waals surface area contributed by atoms with E-state index in [1.807, 2.05) is 30.3 Å². The quantitative estimate of drug-likeness (QED) is 0.386. The van der Waals surface area contributed by atoms with Gasteiger partial charge in [-0.15, -0.1) is 0 Å². The normalized spacial score (nSPS) is 12.5. The van der Waals surface area contributed by atoms with Crippen molar-refractivity contribution in [1.82, 2.24) is 0 Å². The molecule has 0 fully saturated rings. The highest BCUT2D eigenvalue weighted by molar-refractivity contribution is 6.20. The Morgan fingerprint density at radius 3 is 2.40 bits per heavy atom. The average Bonchev–Trinajstić information content (AvgIpc) is 2.05. The first kappa shape index (κ1) is 7.22. The van der Waals surface area contributed by atoms with Crippen LogP contribution in [0.2, 0.25) is 0 Å². The Bertz CT molecular complexity index is 210. The van der Waals surface area contributed by atoms with E-state index in [4.69, 9.17) is 17.1 Å². The van der Waals surface area contributed by atoms with Crippen LogP contribution in [0, 0.1) is 5.53 Å². The summed E-state index contributed by atoms with van der Waals surface area (Å²) in [6, 6.07) is 9.33. The van der Waals surface area contributed by atoms with Crippen molar-refractivity contribution in [3.8, 4) is 0 Å². The van der Waals surface area contributed by atoms with E-state index in [2.05, 4.69) is 5.11 Å². The Morgan fingerprint density at radius 1 is 1.30 bits per heavy atom. The van der Waals surface area contributed by atoms with Gasteiger partial charge in [0, 0.05) is 0 Å². The van der Waals surface area contributed by atoms with Gasteiger partial charge in [-0.25, -0.2) is 5.53 Å². The van der Waals surface area contributed by atoms with Crippen LogP contribution in [0.1, 0.15) is 11.1 Å². The van der Waals surface area contributed by atoms with Crippen LogP contribution >= 0.6 is 11.6 Å². The van der Waals surface area contributed by atoms with Gasteiger partial charge in [-0.3, -0.25) is 0 Å². The summed E-state index contributed by atoms with van der Waals surface area (Å²) in [5.41, 5.74) is 6.97. The number of nitrogens with zero attached hydrogens (tertiary/aromatic N) is 1. The molecule has 1 rings (SSSR count). The summed E-state index contributed by atoms with van der Waals surface area (Å²) in [7, 11) is 0. The maximum atomic E-state index is 6.64. The lowest BCUT2D eigenvalue weighted by atomic mass is 10.2. The van der Waals surface area contributed by atoms with Crippen LogP contribution < -0.4 is 0 Å². The van der Waals surface area contributed by atoms with Crippen molar-refractivity contribution >= 4 is 11.6 Å². The second-order valence-corrected chi connectivity index (χ2v) is 2.29. The molecule has 10 heavy (non-hydrogen) atoms. The fourth-order valence-electron chi connectivity index (χ4n) is 0.686. The molecule has 0 bridgehead atoms. The van der Waals surface area contributed by atoms with E-state index >= 15 is 0 Å². The average molecular weight is 155 g/mol. The summed E-state index contributed by atoms with van der Waals surface area (Å²) in [6.07, 6.45) is 0. The van der Waals surface area contributed by atoms with E-state index in [-0.39, 0.29) is 0 Å². The third-order valence-electron chi connectivity index (χ3n) is 1.19. The Kier molecular flexibility index (Phi) is 2.40. The molecule has 0 aliphatic heterocycles. The highest BCUT2D eigenvalue weighted by atomic mass is 35.5. The fourth-order valence-corrected chi connectivity index (χ4v) is 0.832. The van der Waals surface area contributed by atoms with Gasteiger partial charge in [0.05, 0.1) is 0 Å². The standard InChI is InChI=1S/C7H7ClN2/c8-7(10-9)6-4-2-1-3-5-6/h1-5,7,9H. The molecular formula is C7H7ClN2. The van der Waals surface area contributed by atoms with E-state index in [0.29, 0.717) is 0 Å². The molecule has 52 valence electrons. The van der Waals surface area contributed by atoms with Crippen molar-refractivity contribution in [2.45, 2.75) is 5.50 Å². The van der Waals surface area contributed by atoms with Crippen LogP contribution in [-0.4, -0.2) is 0 Å². The van der Waals surface area contributed by atoms with Crippen LogP contribution in [0.15, 0.2) is 35.4 Å². The van der Waals surface area contributed by atoms with Crippen molar-refractivity contribution in [3.63, 3.8) is 0 Å². The number of halogens is 1. The van der Waals surface area contributed by atoms with Crippen LogP contribution in [-0.2, 0) is 0 Å². The molecule has 0 aliphatic carbocycles.